The molecule has 2 heteroatoms. The lowest BCUT2D eigenvalue weighted by molar-refractivity contribution is -0.0397. The van der Waals surface area contributed by atoms with Crippen LogP contribution in [0.2, 0.25) is 0 Å². The lowest BCUT2D eigenvalue weighted by Gasteiger charge is -2.61. The molecule has 2 spiro atoms. The van der Waals surface area contributed by atoms with Crippen LogP contribution in [0.5, 0.6) is 0 Å². The molecule has 488 valence electrons. The summed E-state index contributed by atoms with van der Waals surface area (Å²) in [6, 6.07) is 106. The topological polar surface area (TPSA) is 6.48 Å². The fourth-order valence-corrected chi connectivity index (χ4v) is 24.4. The second-order valence-electron chi connectivity index (χ2n) is 33.1. The average Bonchev–Trinajstić information content (AvgIpc) is 1.47. The van der Waals surface area contributed by atoms with Crippen molar-refractivity contribution in [2.75, 3.05) is 9.80 Å². The lowest BCUT2D eigenvalue weighted by atomic mass is 9.43. The third kappa shape index (κ3) is 8.20. The molecular formula is C98H86N2. The molecule has 0 radical (unpaired) electrons. The van der Waals surface area contributed by atoms with Crippen LogP contribution in [0.15, 0.2) is 279 Å². The fourth-order valence-electron chi connectivity index (χ4n) is 24.4. The van der Waals surface area contributed by atoms with Gasteiger partial charge in [-0.15, -0.1) is 0 Å². The SMILES string of the molecule is CC1(C)c2ccccc2-c2c(N(c3ccc(-c4ccccc4)cc3)c3cccc4c3C3(c5ccccc5-4)C4CC5CC(C4)CC3C5)cccc21.CC1(C)c2ccccc2-c2cccc(N(c3ccc(-c4ccccc4)cc3)c3cccc4c3C3(c5ccccc5-4)C4CC5CC(C4)CC3C5)c21. The van der Waals surface area contributed by atoms with Crippen molar-refractivity contribution in [2.24, 2.45) is 47.3 Å². The largest absolute Gasteiger partial charge is 0.310 e. The molecule has 0 N–H and O–H groups in total. The van der Waals surface area contributed by atoms with Gasteiger partial charge in [0.05, 0.1) is 22.7 Å². The van der Waals surface area contributed by atoms with Crippen molar-refractivity contribution >= 4 is 34.1 Å². The minimum Gasteiger partial charge on any atom is -0.310 e. The minimum absolute atomic E-state index is 0.0628. The van der Waals surface area contributed by atoms with E-state index in [-0.39, 0.29) is 21.7 Å². The van der Waals surface area contributed by atoms with Crippen LogP contribution in [0, 0.1) is 47.3 Å². The summed E-state index contributed by atoms with van der Waals surface area (Å²) in [6.45, 7) is 9.67. The summed E-state index contributed by atoms with van der Waals surface area (Å²) in [4.78, 5) is 5.35. The molecule has 12 aliphatic rings. The molecule has 8 saturated carbocycles. The Morgan fingerprint density at radius 2 is 0.530 bits per heavy atom. The zero-order chi connectivity index (χ0) is 66.4. The zero-order valence-electron chi connectivity index (χ0n) is 58.1. The summed E-state index contributed by atoms with van der Waals surface area (Å²) in [5.41, 5.74) is 36.2. The Morgan fingerprint density at radius 1 is 0.230 bits per heavy atom. The number of hydrogen-bond acceptors (Lipinski definition) is 2. The predicted molar refractivity (Wildman–Crippen MR) is 415 cm³/mol. The molecule has 12 aromatic carbocycles. The third-order valence-electron chi connectivity index (χ3n) is 27.7. The number of benzene rings is 12. The normalized spacial score (nSPS) is 25.6. The van der Waals surface area contributed by atoms with Crippen molar-refractivity contribution in [3.63, 3.8) is 0 Å². The van der Waals surface area contributed by atoms with Gasteiger partial charge in [0.15, 0.2) is 0 Å². The van der Waals surface area contributed by atoms with Gasteiger partial charge >= 0.3 is 0 Å². The number of rotatable bonds is 8. The van der Waals surface area contributed by atoms with Crippen LogP contribution in [0.25, 0.3) is 66.8 Å². The molecule has 24 rings (SSSR count). The quantitative estimate of drug-likeness (QED) is 0.150. The summed E-state index contributed by atoms with van der Waals surface area (Å²) >= 11 is 0. The first kappa shape index (κ1) is 59.1. The number of hydrogen-bond donors (Lipinski definition) is 0. The summed E-state index contributed by atoms with van der Waals surface area (Å²) in [5, 5.41) is 0. The molecule has 0 atom stereocenters. The predicted octanol–water partition coefficient (Wildman–Crippen LogP) is 25.7. The van der Waals surface area contributed by atoms with E-state index in [1.54, 1.807) is 22.3 Å². The van der Waals surface area contributed by atoms with Crippen molar-refractivity contribution < 1.29 is 0 Å². The van der Waals surface area contributed by atoms with Crippen molar-refractivity contribution in [3.05, 3.63) is 324 Å². The molecule has 100 heavy (non-hydrogen) atoms. The Labute approximate surface area is 591 Å². The maximum atomic E-state index is 2.68. The van der Waals surface area contributed by atoms with Crippen molar-refractivity contribution in [1.29, 1.82) is 0 Å². The maximum Gasteiger partial charge on any atom is 0.0543 e. The maximum absolute atomic E-state index is 2.68. The highest BCUT2D eigenvalue weighted by Gasteiger charge is 2.64. The Balaban J connectivity index is 0.000000131. The van der Waals surface area contributed by atoms with Gasteiger partial charge in [-0.1, -0.05) is 258 Å². The number of anilines is 6. The molecule has 2 nitrogen and oxygen atoms in total. The first-order chi connectivity index (χ1) is 49.1. The molecule has 0 unspecified atom stereocenters. The van der Waals surface area contributed by atoms with Crippen LogP contribution in [-0.2, 0) is 21.7 Å². The smallest absolute Gasteiger partial charge is 0.0543 e. The second-order valence-corrected chi connectivity index (χ2v) is 33.1. The van der Waals surface area contributed by atoms with Gasteiger partial charge in [0.2, 0.25) is 0 Å². The fraction of sp³-hybridized carbons (Fsp3) is 0.265. The number of fused-ring (bicyclic) bond motifs is 12. The van der Waals surface area contributed by atoms with E-state index in [1.807, 2.05) is 0 Å². The van der Waals surface area contributed by atoms with Crippen LogP contribution >= 0.6 is 0 Å². The molecule has 0 heterocycles. The van der Waals surface area contributed by atoms with Crippen molar-refractivity contribution in [1.82, 2.24) is 0 Å². The van der Waals surface area contributed by atoms with E-state index in [0.717, 1.165) is 23.7 Å². The van der Waals surface area contributed by atoms with Gasteiger partial charge in [-0.25, -0.2) is 0 Å². The average molecular weight is 1290 g/mol. The van der Waals surface area contributed by atoms with Crippen molar-refractivity contribution in [2.45, 2.75) is 114 Å². The first-order valence-corrected chi connectivity index (χ1v) is 37.9. The van der Waals surface area contributed by atoms with E-state index in [9.17, 15) is 0 Å². The molecular weight excluding hydrogens is 1210 g/mol. The van der Waals surface area contributed by atoms with Crippen LogP contribution in [0.4, 0.5) is 34.1 Å². The van der Waals surface area contributed by atoms with Gasteiger partial charge in [-0.3, -0.25) is 0 Å². The second kappa shape index (κ2) is 21.9. The van der Waals surface area contributed by atoms with Crippen LogP contribution in [-0.4, -0.2) is 0 Å². The lowest BCUT2D eigenvalue weighted by Crippen LogP contribution is -2.55. The minimum atomic E-state index is -0.133. The molecule has 8 fully saturated rings. The van der Waals surface area contributed by atoms with E-state index in [4.69, 9.17) is 0 Å². The molecule has 12 aliphatic carbocycles. The zero-order valence-corrected chi connectivity index (χ0v) is 58.1. The van der Waals surface area contributed by atoms with E-state index in [1.165, 1.54) is 187 Å². The molecule has 12 aromatic rings. The van der Waals surface area contributed by atoms with Gasteiger partial charge in [-0.2, -0.15) is 0 Å². The van der Waals surface area contributed by atoms with Gasteiger partial charge < -0.3 is 9.80 Å². The standard InChI is InChI=1S/2C49H43N/c1-48(2)41-17-8-7-15-40(41)46-43(48)19-11-20-44(46)50(37-24-22-34(23-25-37)33-12-4-3-5-13-33)45-21-10-16-39-38-14-6-9-18-42(38)49(47(39)45)35-27-31-26-32(29-35)30-36(49)28-31;1-48(2)42-18-8-6-14-38(42)40-16-10-20-44(46(40)48)50(37-24-22-34(23-25-37)33-12-4-3-5-13-33)45-21-11-17-41-39-15-7-9-19-43(39)49(47(41)45)35-27-31-26-32(29-35)30-36(49)28-31/h2*3-25,31-32,35-36H,26-30H2,1-2H3. The van der Waals surface area contributed by atoms with E-state index >= 15 is 0 Å². The van der Waals surface area contributed by atoms with Crippen LogP contribution in [0.1, 0.15) is 136 Å². The van der Waals surface area contributed by atoms with E-state index < -0.39 is 0 Å². The summed E-state index contributed by atoms with van der Waals surface area (Å²) in [6.07, 6.45) is 14.0. The third-order valence-corrected chi connectivity index (χ3v) is 27.7. The highest BCUT2D eigenvalue weighted by Crippen LogP contribution is 2.74. The molecule has 0 amide bonds. The highest BCUT2D eigenvalue weighted by atomic mass is 15.2. The molecule has 8 bridgehead atoms. The van der Waals surface area contributed by atoms with E-state index in [0.29, 0.717) is 23.7 Å². The van der Waals surface area contributed by atoms with Crippen molar-refractivity contribution in [3.8, 4) is 66.8 Å². The van der Waals surface area contributed by atoms with Gasteiger partial charge in [-0.05, 0) is 266 Å². The van der Waals surface area contributed by atoms with Crippen LogP contribution in [0.3, 0.4) is 0 Å². The Kier molecular flexibility index (Phi) is 12.9. The Morgan fingerprint density at radius 3 is 0.970 bits per heavy atom. The monoisotopic (exact) mass is 1290 g/mol. The van der Waals surface area contributed by atoms with Gasteiger partial charge in [0, 0.05) is 38.6 Å². The van der Waals surface area contributed by atoms with Gasteiger partial charge in [0.25, 0.3) is 0 Å². The Hall–Kier alpha value is -9.76. The summed E-state index contributed by atoms with van der Waals surface area (Å²) in [7, 11) is 0. The molecule has 0 aliphatic heterocycles. The first-order valence-electron chi connectivity index (χ1n) is 37.9. The van der Waals surface area contributed by atoms with E-state index in [2.05, 4.69) is 317 Å². The molecule has 0 saturated heterocycles. The van der Waals surface area contributed by atoms with Gasteiger partial charge in [0.1, 0.15) is 0 Å². The van der Waals surface area contributed by atoms with Crippen LogP contribution < -0.4 is 9.80 Å². The molecule has 0 aromatic heterocycles. The highest BCUT2D eigenvalue weighted by molar-refractivity contribution is 6.00. The number of nitrogens with zero attached hydrogens (tertiary/aromatic N) is 2. The summed E-state index contributed by atoms with van der Waals surface area (Å²) in [5.74, 6) is 6.43. The Bertz CT molecular complexity index is 5220. The summed E-state index contributed by atoms with van der Waals surface area (Å²) < 4.78 is 0.